The van der Waals surface area contributed by atoms with Crippen molar-refractivity contribution < 1.29 is 19.2 Å². The Balaban J connectivity index is 2.03. The van der Waals surface area contributed by atoms with Gasteiger partial charge in [-0.25, -0.2) is 14.8 Å². The number of esters is 1. The molecule has 0 aliphatic carbocycles. The number of anilines is 1. The van der Waals surface area contributed by atoms with Crippen molar-refractivity contribution in [1.82, 2.24) is 9.97 Å². The number of nitrogens with zero attached hydrogens (tertiary/aromatic N) is 2. The molecule has 0 radical (unpaired) electrons. The van der Waals surface area contributed by atoms with E-state index in [9.17, 15) is 4.79 Å². The van der Waals surface area contributed by atoms with Gasteiger partial charge in [0.05, 0.1) is 25.2 Å². The lowest BCUT2D eigenvalue weighted by Crippen LogP contribution is -3.12. The Morgan fingerprint density at radius 1 is 1.30 bits per heavy atom. The van der Waals surface area contributed by atoms with Crippen LogP contribution >= 0.6 is 11.3 Å². The molecule has 0 aromatic carbocycles. The van der Waals surface area contributed by atoms with Gasteiger partial charge in [-0.15, -0.1) is 11.3 Å². The zero-order valence-electron chi connectivity index (χ0n) is 16.8. The Morgan fingerprint density at radius 2 is 2.00 bits per heavy atom. The maximum atomic E-state index is 12.3. The van der Waals surface area contributed by atoms with Gasteiger partial charge in [-0.1, -0.05) is 0 Å². The number of fused-ring (bicyclic) bond motifs is 1. The van der Waals surface area contributed by atoms with Crippen molar-refractivity contribution in [3.8, 4) is 0 Å². The topological polar surface area (TPSA) is 77.8 Å². The fourth-order valence-electron chi connectivity index (χ4n) is 3.16. The highest BCUT2D eigenvalue weighted by Crippen LogP contribution is 2.35. The third kappa shape index (κ3) is 4.75. The predicted molar refractivity (Wildman–Crippen MR) is 107 cm³/mol. The summed E-state index contributed by atoms with van der Waals surface area (Å²) >= 11 is 1.39. The molecule has 2 aromatic heterocycles. The molecule has 8 heteroatoms. The van der Waals surface area contributed by atoms with Crippen molar-refractivity contribution >= 4 is 33.3 Å². The summed E-state index contributed by atoms with van der Waals surface area (Å²) in [7, 11) is 0. The van der Waals surface area contributed by atoms with Gasteiger partial charge in [-0.3, -0.25) is 0 Å². The Bertz CT molecular complexity index is 822. The second-order valence-corrected chi connectivity index (χ2v) is 8.86. The molecule has 2 N–H and O–H groups in total. The molecule has 7 nitrogen and oxygen atoms in total. The minimum absolute atomic E-state index is 0.150. The van der Waals surface area contributed by atoms with E-state index < -0.39 is 0 Å². The van der Waals surface area contributed by atoms with Crippen LogP contribution in [0, 0.1) is 6.92 Å². The number of aryl methyl sites for hydroxylation is 1. The first-order chi connectivity index (χ1) is 12.8. The molecule has 0 unspecified atom stereocenters. The van der Waals surface area contributed by atoms with E-state index in [-0.39, 0.29) is 11.5 Å². The summed E-state index contributed by atoms with van der Waals surface area (Å²) in [4.78, 5) is 24.8. The Morgan fingerprint density at radius 3 is 2.63 bits per heavy atom. The standard InChI is InChI=1S/C19H28N4O3S/c1-6-26-18(24)15-12(2)14-16(22-19(3,4)5)20-13(21-17(14)27-15)11-23-7-9-25-10-8-23/h6-11H2,1-5H3,(H,20,21,22)/p+1. The Kier molecular flexibility index (Phi) is 5.98. The highest BCUT2D eigenvalue weighted by Gasteiger charge is 2.25. The van der Waals surface area contributed by atoms with Crippen LogP contribution in [0.4, 0.5) is 5.82 Å². The fraction of sp³-hybridized carbons (Fsp3) is 0.632. The normalized spacial score (nSPS) is 15.9. The molecule has 0 atom stereocenters. The monoisotopic (exact) mass is 393 g/mol. The van der Waals surface area contributed by atoms with Crippen molar-refractivity contribution in [3.05, 3.63) is 16.3 Å². The van der Waals surface area contributed by atoms with Gasteiger partial charge in [-0.2, -0.15) is 0 Å². The van der Waals surface area contributed by atoms with Gasteiger partial charge in [-0.05, 0) is 40.2 Å². The van der Waals surface area contributed by atoms with E-state index in [2.05, 4.69) is 26.1 Å². The first kappa shape index (κ1) is 20.0. The summed E-state index contributed by atoms with van der Waals surface area (Å²) in [5, 5.41) is 4.41. The summed E-state index contributed by atoms with van der Waals surface area (Å²) in [6, 6.07) is 0. The van der Waals surface area contributed by atoms with Crippen LogP contribution in [0.15, 0.2) is 0 Å². The molecule has 1 aliphatic heterocycles. The Labute approximate surface area is 164 Å². The van der Waals surface area contributed by atoms with Gasteiger partial charge in [0, 0.05) is 5.54 Å². The van der Waals surface area contributed by atoms with E-state index in [1.807, 2.05) is 13.8 Å². The molecule has 1 aliphatic rings. The maximum absolute atomic E-state index is 12.3. The lowest BCUT2D eigenvalue weighted by molar-refractivity contribution is -0.922. The molecule has 0 spiro atoms. The minimum Gasteiger partial charge on any atom is -0.462 e. The van der Waals surface area contributed by atoms with Crippen LogP contribution in [0.3, 0.4) is 0 Å². The number of rotatable bonds is 5. The molecule has 27 heavy (non-hydrogen) atoms. The van der Waals surface area contributed by atoms with E-state index in [0.717, 1.165) is 60.3 Å². The molecule has 1 fully saturated rings. The number of aromatic nitrogens is 2. The number of hydrogen-bond donors (Lipinski definition) is 2. The molecular formula is C19H29N4O3S+. The smallest absolute Gasteiger partial charge is 0.348 e. The molecule has 0 amide bonds. The molecule has 1 saturated heterocycles. The molecule has 148 valence electrons. The van der Waals surface area contributed by atoms with E-state index in [0.29, 0.717) is 11.5 Å². The number of nitrogens with one attached hydrogen (secondary N) is 2. The molecule has 0 saturated carbocycles. The number of carbonyl (C=O) groups is 1. The van der Waals surface area contributed by atoms with Crippen molar-refractivity contribution in [2.24, 2.45) is 0 Å². The number of thiophene rings is 1. The van der Waals surface area contributed by atoms with Crippen LogP contribution in [-0.2, 0) is 16.0 Å². The van der Waals surface area contributed by atoms with Crippen LogP contribution < -0.4 is 10.2 Å². The summed E-state index contributed by atoms with van der Waals surface area (Å²) in [6.07, 6.45) is 0. The number of hydrogen-bond acceptors (Lipinski definition) is 7. The second-order valence-electron chi connectivity index (χ2n) is 7.86. The average molecular weight is 394 g/mol. The first-order valence-electron chi connectivity index (χ1n) is 9.45. The summed E-state index contributed by atoms with van der Waals surface area (Å²) in [6.45, 7) is 14.6. The molecular weight excluding hydrogens is 364 g/mol. The average Bonchev–Trinajstić information content (AvgIpc) is 2.92. The van der Waals surface area contributed by atoms with Gasteiger partial charge < -0.3 is 19.7 Å². The van der Waals surface area contributed by atoms with Gasteiger partial charge in [0.1, 0.15) is 35.2 Å². The number of quaternary nitrogens is 1. The maximum Gasteiger partial charge on any atom is 0.348 e. The SMILES string of the molecule is CCOC(=O)c1sc2nc(C[NH+]3CCOCC3)nc(NC(C)(C)C)c2c1C. The summed E-state index contributed by atoms with van der Waals surface area (Å²) < 4.78 is 10.7. The number of carbonyl (C=O) groups excluding carboxylic acids is 1. The van der Waals surface area contributed by atoms with Crippen LogP contribution in [0.5, 0.6) is 0 Å². The van der Waals surface area contributed by atoms with Crippen LogP contribution in [0.1, 0.15) is 48.8 Å². The van der Waals surface area contributed by atoms with Gasteiger partial charge in [0.15, 0.2) is 5.82 Å². The third-order valence-corrected chi connectivity index (χ3v) is 5.56. The summed E-state index contributed by atoms with van der Waals surface area (Å²) in [5.74, 6) is 1.29. The van der Waals surface area contributed by atoms with Gasteiger partial charge in [0.25, 0.3) is 0 Å². The van der Waals surface area contributed by atoms with Crippen molar-refractivity contribution in [3.63, 3.8) is 0 Å². The Hall–Kier alpha value is -1.77. The van der Waals surface area contributed by atoms with Gasteiger partial charge in [0.2, 0.25) is 0 Å². The second kappa shape index (κ2) is 8.08. The van der Waals surface area contributed by atoms with Crippen LogP contribution in [0.25, 0.3) is 10.2 Å². The summed E-state index contributed by atoms with van der Waals surface area (Å²) in [5.41, 5.74) is 0.730. The molecule has 3 rings (SSSR count). The van der Waals surface area contributed by atoms with Crippen LogP contribution in [-0.4, -0.2) is 54.4 Å². The zero-order chi connectivity index (χ0) is 19.6. The van der Waals surface area contributed by atoms with E-state index >= 15 is 0 Å². The highest BCUT2D eigenvalue weighted by molar-refractivity contribution is 7.20. The van der Waals surface area contributed by atoms with E-state index in [4.69, 9.17) is 19.4 Å². The third-order valence-electron chi connectivity index (χ3n) is 4.40. The van der Waals surface area contributed by atoms with E-state index in [1.54, 1.807) is 0 Å². The lowest BCUT2D eigenvalue weighted by Gasteiger charge is -2.24. The van der Waals surface area contributed by atoms with Crippen LogP contribution in [0.2, 0.25) is 0 Å². The van der Waals surface area contributed by atoms with Crippen molar-refractivity contribution in [2.75, 3.05) is 38.2 Å². The lowest BCUT2D eigenvalue weighted by atomic mass is 10.1. The predicted octanol–water partition coefficient (Wildman–Crippen LogP) is 1.80. The largest absolute Gasteiger partial charge is 0.462 e. The minimum atomic E-state index is -0.292. The van der Waals surface area contributed by atoms with Crippen molar-refractivity contribution in [1.29, 1.82) is 0 Å². The quantitative estimate of drug-likeness (QED) is 0.755. The highest BCUT2D eigenvalue weighted by atomic mass is 32.1. The molecule has 2 aromatic rings. The van der Waals surface area contributed by atoms with E-state index in [1.165, 1.54) is 16.2 Å². The van der Waals surface area contributed by atoms with Crippen molar-refractivity contribution in [2.45, 2.75) is 46.7 Å². The number of ether oxygens (including phenoxy) is 2. The van der Waals surface area contributed by atoms with Gasteiger partial charge >= 0.3 is 5.97 Å². The number of morpholine rings is 1. The zero-order valence-corrected chi connectivity index (χ0v) is 17.6. The first-order valence-corrected chi connectivity index (χ1v) is 10.3. The molecule has 0 bridgehead atoms. The fourth-order valence-corrected chi connectivity index (χ4v) is 4.25. The molecule has 3 heterocycles.